The Morgan fingerprint density at radius 2 is 1.80 bits per heavy atom. The molecular weight excluding hydrogens is 451 g/mol. The zero-order valence-corrected chi connectivity index (χ0v) is 17.8. The molecule has 0 fully saturated rings. The molecule has 0 saturated carbocycles. The maximum absolute atomic E-state index is 11.0. The van der Waals surface area contributed by atoms with E-state index in [-0.39, 0.29) is 24.0 Å². The van der Waals surface area contributed by atoms with Gasteiger partial charge in [0.05, 0.1) is 6.26 Å². The smallest absolute Gasteiger partial charge is 0.208 e. The SMILES string of the molecule is CN=C(NCCNS(C)(=O)=O)N(C)Cc1ccc2ccccc2c1.I. The van der Waals surface area contributed by atoms with Crippen molar-refractivity contribution >= 4 is 50.7 Å². The lowest BCUT2D eigenvalue weighted by Crippen LogP contribution is -2.42. The number of guanidine groups is 1. The molecule has 2 rings (SSSR count). The van der Waals surface area contributed by atoms with E-state index in [2.05, 4.69) is 45.4 Å². The molecule has 0 heterocycles. The summed E-state index contributed by atoms with van der Waals surface area (Å²) in [6, 6.07) is 14.7. The predicted octanol–water partition coefficient (Wildman–Crippen LogP) is 2.01. The van der Waals surface area contributed by atoms with Gasteiger partial charge in [-0.25, -0.2) is 13.1 Å². The van der Waals surface area contributed by atoms with Gasteiger partial charge in [0.15, 0.2) is 5.96 Å². The average molecular weight is 476 g/mol. The Bertz CT molecular complexity index is 824. The standard InChI is InChI=1S/C17H24N4O2S.HI/c1-18-17(19-10-11-20-24(3,22)23)21(2)13-14-8-9-15-6-4-5-7-16(15)12-14;/h4-9,12,20H,10-11,13H2,1-3H3,(H,18,19);1H. The zero-order chi connectivity index (χ0) is 17.6. The molecule has 0 saturated heterocycles. The van der Waals surface area contributed by atoms with E-state index < -0.39 is 10.0 Å². The van der Waals surface area contributed by atoms with Crippen molar-refractivity contribution in [3.8, 4) is 0 Å². The Morgan fingerprint density at radius 3 is 2.44 bits per heavy atom. The minimum atomic E-state index is -3.16. The summed E-state index contributed by atoms with van der Waals surface area (Å²) in [6.45, 7) is 1.51. The molecule has 2 aromatic rings. The van der Waals surface area contributed by atoms with Crippen LogP contribution in [0.4, 0.5) is 0 Å². The van der Waals surface area contributed by atoms with Crippen LogP contribution in [0.15, 0.2) is 47.5 Å². The fourth-order valence-corrected chi connectivity index (χ4v) is 2.95. The number of sulfonamides is 1. The van der Waals surface area contributed by atoms with Crippen LogP contribution in [-0.4, -0.2) is 52.7 Å². The van der Waals surface area contributed by atoms with Crippen LogP contribution in [0.1, 0.15) is 5.56 Å². The van der Waals surface area contributed by atoms with E-state index in [9.17, 15) is 8.42 Å². The fourth-order valence-electron chi connectivity index (χ4n) is 2.48. The topological polar surface area (TPSA) is 73.8 Å². The summed E-state index contributed by atoms with van der Waals surface area (Å²) < 4.78 is 24.5. The number of hydrogen-bond donors (Lipinski definition) is 2. The maximum Gasteiger partial charge on any atom is 0.208 e. The molecule has 2 N–H and O–H groups in total. The normalized spacial score (nSPS) is 11.9. The van der Waals surface area contributed by atoms with Crippen molar-refractivity contribution in [3.05, 3.63) is 48.0 Å². The van der Waals surface area contributed by atoms with Crippen molar-refractivity contribution in [1.82, 2.24) is 14.9 Å². The summed E-state index contributed by atoms with van der Waals surface area (Å²) in [7, 11) is 0.503. The summed E-state index contributed by atoms with van der Waals surface area (Å²) in [5, 5.41) is 5.58. The van der Waals surface area contributed by atoms with E-state index in [1.807, 2.05) is 24.1 Å². The molecule has 6 nitrogen and oxygen atoms in total. The first-order chi connectivity index (χ1) is 11.4. The quantitative estimate of drug-likeness (QED) is 0.290. The Morgan fingerprint density at radius 1 is 1.12 bits per heavy atom. The van der Waals surface area contributed by atoms with Crippen molar-refractivity contribution in [1.29, 1.82) is 0 Å². The molecule has 138 valence electrons. The largest absolute Gasteiger partial charge is 0.355 e. The number of halogens is 1. The van der Waals surface area contributed by atoms with E-state index in [0.29, 0.717) is 19.6 Å². The summed E-state index contributed by atoms with van der Waals surface area (Å²) in [4.78, 5) is 6.24. The highest BCUT2D eigenvalue weighted by atomic mass is 127. The van der Waals surface area contributed by atoms with Gasteiger partial charge in [-0.05, 0) is 22.4 Å². The molecule has 0 bridgehead atoms. The number of nitrogens with zero attached hydrogens (tertiary/aromatic N) is 2. The van der Waals surface area contributed by atoms with Crippen LogP contribution in [0.25, 0.3) is 10.8 Å². The second-order valence-corrected chi connectivity index (χ2v) is 7.51. The van der Waals surface area contributed by atoms with Crippen LogP contribution < -0.4 is 10.0 Å². The Balaban J connectivity index is 0.00000312. The van der Waals surface area contributed by atoms with Gasteiger partial charge in [-0.2, -0.15) is 0 Å². The third-order valence-corrected chi connectivity index (χ3v) is 4.31. The minimum absolute atomic E-state index is 0. The number of fused-ring (bicyclic) bond motifs is 1. The van der Waals surface area contributed by atoms with Crippen LogP contribution in [0.2, 0.25) is 0 Å². The zero-order valence-electron chi connectivity index (χ0n) is 14.7. The predicted molar refractivity (Wildman–Crippen MR) is 115 cm³/mol. The van der Waals surface area contributed by atoms with Crippen molar-refractivity contribution in [2.75, 3.05) is 33.4 Å². The highest BCUT2D eigenvalue weighted by Gasteiger charge is 2.07. The van der Waals surface area contributed by atoms with Gasteiger partial charge >= 0.3 is 0 Å². The molecule has 25 heavy (non-hydrogen) atoms. The third-order valence-electron chi connectivity index (χ3n) is 3.58. The monoisotopic (exact) mass is 476 g/mol. The lowest BCUT2D eigenvalue weighted by Gasteiger charge is -2.22. The van der Waals surface area contributed by atoms with E-state index in [4.69, 9.17) is 0 Å². The molecular formula is C17H25IN4O2S. The summed E-state index contributed by atoms with van der Waals surface area (Å²) in [5.74, 6) is 0.721. The highest BCUT2D eigenvalue weighted by molar-refractivity contribution is 14.0. The summed E-state index contributed by atoms with van der Waals surface area (Å²) in [5.41, 5.74) is 1.19. The highest BCUT2D eigenvalue weighted by Crippen LogP contribution is 2.16. The number of aliphatic imine (C=N–C) groups is 1. The lowest BCUT2D eigenvalue weighted by atomic mass is 10.1. The van der Waals surface area contributed by atoms with Gasteiger partial charge < -0.3 is 10.2 Å². The van der Waals surface area contributed by atoms with Gasteiger partial charge in [0.2, 0.25) is 10.0 Å². The van der Waals surface area contributed by atoms with Crippen molar-refractivity contribution < 1.29 is 8.42 Å². The Labute approximate surface area is 166 Å². The molecule has 8 heteroatoms. The number of hydrogen-bond acceptors (Lipinski definition) is 3. The first-order valence-corrected chi connectivity index (χ1v) is 9.62. The first kappa shape index (κ1) is 21.7. The fraction of sp³-hybridized carbons (Fsp3) is 0.353. The molecule has 0 amide bonds. The summed E-state index contributed by atoms with van der Waals surface area (Å²) >= 11 is 0. The van der Waals surface area contributed by atoms with E-state index >= 15 is 0 Å². The van der Waals surface area contributed by atoms with Crippen molar-refractivity contribution in [2.24, 2.45) is 4.99 Å². The van der Waals surface area contributed by atoms with Gasteiger partial charge in [-0.3, -0.25) is 4.99 Å². The van der Waals surface area contributed by atoms with Crippen LogP contribution in [-0.2, 0) is 16.6 Å². The van der Waals surface area contributed by atoms with E-state index in [1.165, 1.54) is 16.3 Å². The average Bonchev–Trinajstić information content (AvgIpc) is 2.53. The number of rotatable bonds is 6. The Hall–Kier alpha value is -1.39. The molecule has 2 aromatic carbocycles. The van der Waals surface area contributed by atoms with Gasteiger partial charge in [0.1, 0.15) is 0 Å². The second-order valence-electron chi connectivity index (χ2n) is 5.68. The summed E-state index contributed by atoms with van der Waals surface area (Å²) in [6.07, 6.45) is 1.15. The molecule has 0 aliphatic rings. The molecule has 0 unspecified atom stereocenters. The van der Waals surface area contributed by atoms with Gasteiger partial charge in [0.25, 0.3) is 0 Å². The van der Waals surface area contributed by atoms with Crippen molar-refractivity contribution in [3.63, 3.8) is 0 Å². The number of benzene rings is 2. The first-order valence-electron chi connectivity index (χ1n) is 7.73. The van der Waals surface area contributed by atoms with Gasteiger partial charge in [-0.15, -0.1) is 24.0 Å². The number of nitrogens with one attached hydrogen (secondary N) is 2. The van der Waals surface area contributed by atoms with E-state index in [0.717, 1.165) is 12.2 Å². The second kappa shape index (κ2) is 9.93. The minimum Gasteiger partial charge on any atom is -0.355 e. The molecule has 0 radical (unpaired) electrons. The molecule has 0 aliphatic carbocycles. The lowest BCUT2D eigenvalue weighted by molar-refractivity contribution is 0.477. The molecule has 0 spiro atoms. The van der Waals surface area contributed by atoms with Crippen molar-refractivity contribution in [2.45, 2.75) is 6.54 Å². The van der Waals surface area contributed by atoms with Gasteiger partial charge in [-0.1, -0.05) is 36.4 Å². The molecule has 0 atom stereocenters. The van der Waals surface area contributed by atoms with E-state index in [1.54, 1.807) is 7.05 Å². The van der Waals surface area contributed by atoms with Gasteiger partial charge in [0, 0.05) is 33.7 Å². The molecule has 0 aromatic heterocycles. The Kier molecular flexibility index (Phi) is 8.60. The van der Waals surface area contributed by atoms with Crippen LogP contribution in [0, 0.1) is 0 Å². The molecule has 0 aliphatic heterocycles. The van der Waals surface area contributed by atoms with Crippen LogP contribution in [0.5, 0.6) is 0 Å². The van der Waals surface area contributed by atoms with Crippen LogP contribution >= 0.6 is 24.0 Å². The maximum atomic E-state index is 11.0. The van der Waals surface area contributed by atoms with Crippen LogP contribution in [0.3, 0.4) is 0 Å². The third kappa shape index (κ3) is 7.17.